The highest BCUT2D eigenvalue weighted by Gasteiger charge is 2.31. The Morgan fingerprint density at radius 1 is 1.15 bits per heavy atom. The van der Waals surface area contributed by atoms with Crippen molar-refractivity contribution in [2.75, 3.05) is 26.3 Å². The first-order valence-corrected chi connectivity index (χ1v) is 9.64. The highest BCUT2D eigenvalue weighted by atomic mass is 35.5. The molecule has 1 aromatic carbocycles. The van der Waals surface area contributed by atoms with E-state index in [9.17, 15) is 4.79 Å². The molecule has 0 aromatic heterocycles. The molecule has 0 bridgehead atoms. The molecule has 1 aliphatic carbocycles. The predicted molar refractivity (Wildman–Crippen MR) is 109 cm³/mol. The fourth-order valence-corrected chi connectivity index (χ4v) is 3.95. The van der Waals surface area contributed by atoms with E-state index in [1.165, 1.54) is 12.8 Å². The number of rotatable bonds is 4. The van der Waals surface area contributed by atoms with Gasteiger partial charge in [0.05, 0.1) is 23.3 Å². The zero-order chi connectivity index (χ0) is 17.6. The Balaban J connectivity index is 0.00000243. The molecule has 1 N–H and O–H groups in total. The average molecular weight is 420 g/mol. The molecular formula is C19H25Cl3N2O2. The summed E-state index contributed by atoms with van der Waals surface area (Å²) in [5.41, 5.74) is 0.859. The third kappa shape index (κ3) is 5.86. The molecular weight excluding hydrogens is 395 g/mol. The lowest BCUT2D eigenvalue weighted by molar-refractivity contribution is -0.118. The predicted octanol–water partition coefficient (Wildman–Crippen LogP) is 4.19. The summed E-state index contributed by atoms with van der Waals surface area (Å²) in [7, 11) is 0. The fourth-order valence-electron chi connectivity index (χ4n) is 3.64. The minimum Gasteiger partial charge on any atom is -0.379 e. The summed E-state index contributed by atoms with van der Waals surface area (Å²) < 4.78 is 5.45. The second kappa shape index (κ2) is 10.5. The molecule has 0 unspecified atom stereocenters. The molecule has 1 amide bonds. The van der Waals surface area contributed by atoms with Crippen LogP contribution in [0.5, 0.6) is 0 Å². The van der Waals surface area contributed by atoms with Gasteiger partial charge in [-0.1, -0.05) is 42.1 Å². The molecule has 7 heteroatoms. The molecule has 2 fully saturated rings. The number of morpholine rings is 1. The molecule has 2 atom stereocenters. The largest absolute Gasteiger partial charge is 0.379 e. The van der Waals surface area contributed by atoms with E-state index >= 15 is 0 Å². The minimum atomic E-state index is -0.0590. The molecule has 3 rings (SSSR count). The number of nitrogens with one attached hydrogen (secondary N) is 1. The smallest absolute Gasteiger partial charge is 0.244 e. The Morgan fingerprint density at radius 2 is 1.88 bits per heavy atom. The number of halogens is 3. The van der Waals surface area contributed by atoms with Crippen molar-refractivity contribution in [3.05, 3.63) is 39.9 Å². The Kier molecular flexibility index (Phi) is 8.71. The number of amides is 1. The summed E-state index contributed by atoms with van der Waals surface area (Å²) in [6.45, 7) is 3.48. The highest BCUT2D eigenvalue weighted by molar-refractivity contribution is 6.42. The Hall–Kier alpha value is -0.780. The Bertz CT molecular complexity index is 633. The van der Waals surface area contributed by atoms with Crippen LogP contribution in [0.15, 0.2) is 24.3 Å². The SMILES string of the molecule is Cl.O=C(/C=C/c1ccc(Cl)c(Cl)c1)N[C@@H]1CCCC[C@H]1N1CCOCC1. The molecule has 144 valence electrons. The zero-order valence-corrected chi connectivity index (χ0v) is 17.0. The van der Waals surface area contributed by atoms with Crippen molar-refractivity contribution < 1.29 is 9.53 Å². The lowest BCUT2D eigenvalue weighted by Gasteiger charge is -2.41. The first kappa shape index (κ1) is 21.5. The molecule has 0 radical (unpaired) electrons. The number of carbonyl (C=O) groups excluding carboxylic acids is 1. The van der Waals surface area contributed by atoms with Crippen LogP contribution in [0.1, 0.15) is 31.2 Å². The minimum absolute atomic E-state index is 0. The maximum absolute atomic E-state index is 12.4. The summed E-state index contributed by atoms with van der Waals surface area (Å²) in [5, 5.41) is 4.20. The van der Waals surface area contributed by atoms with Crippen LogP contribution in [0.25, 0.3) is 6.08 Å². The molecule has 0 spiro atoms. The number of hydrogen-bond acceptors (Lipinski definition) is 3. The highest BCUT2D eigenvalue weighted by Crippen LogP contribution is 2.25. The number of ether oxygens (including phenoxy) is 1. The summed E-state index contributed by atoms with van der Waals surface area (Å²) in [6, 6.07) is 5.95. The van der Waals surface area contributed by atoms with Gasteiger partial charge in [0.1, 0.15) is 0 Å². The topological polar surface area (TPSA) is 41.6 Å². The maximum Gasteiger partial charge on any atom is 0.244 e. The molecule has 1 aromatic rings. The third-order valence-electron chi connectivity index (χ3n) is 4.94. The molecule has 1 saturated heterocycles. The van der Waals surface area contributed by atoms with Crippen molar-refractivity contribution in [3.63, 3.8) is 0 Å². The zero-order valence-electron chi connectivity index (χ0n) is 14.6. The van der Waals surface area contributed by atoms with E-state index in [1.54, 1.807) is 24.3 Å². The Morgan fingerprint density at radius 3 is 2.62 bits per heavy atom. The van der Waals surface area contributed by atoms with Crippen LogP contribution >= 0.6 is 35.6 Å². The van der Waals surface area contributed by atoms with Gasteiger partial charge in [-0.3, -0.25) is 9.69 Å². The number of hydrogen-bond donors (Lipinski definition) is 1. The van der Waals surface area contributed by atoms with Crippen LogP contribution in [0.3, 0.4) is 0 Å². The molecule has 26 heavy (non-hydrogen) atoms. The van der Waals surface area contributed by atoms with Crippen LogP contribution in [0.2, 0.25) is 10.0 Å². The summed E-state index contributed by atoms with van der Waals surface area (Å²) in [4.78, 5) is 14.8. The van der Waals surface area contributed by atoms with Crippen molar-refractivity contribution in [1.29, 1.82) is 0 Å². The monoisotopic (exact) mass is 418 g/mol. The third-order valence-corrected chi connectivity index (χ3v) is 5.68. The van der Waals surface area contributed by atoms with Crippen molar-refractivity contribution in [2.24, 2.45) is 0 Å². The molecule has 4 nitrogen and oxygen atoms in total. The van der Waals surface area contributed by atoms with Crippen molar-refractivity contribution >= 4 is 47.6 Å². The van der Waals surface area contributed by atoms with E-state index in [2.05, 4.69) is 10.2 Å². The quantitative estimate of drug-likeness (QED) is 0.744. The summed E-state index contributed by atoms with van der Waals surface area (Å²) in [5.74, 6) is -0.0590. The van der Waals surface area contributed by atoms with Gasteiger partial charge >= 0.3 is 0 Å². The molecule has 1 heterocycles. The van der Waals surface area contributed by atoms with Crippen molar-refractivity contribution in [1.82, 2.24) is 10.2 Å². The van der Waals surface area contributed by atoms with Crippen LogP contribution in [0, 0.1) is 0 Å². The Labute approximate surface area is 171 Å². The molecule has 1 saturated carbocycles. The van der Waals surface area contributed by atoms with Crippen LogP contribution in [-0.2, 0) is 9.53 Å². The standard InChI is InChI=1S/C19H24Cl2N2O2.ClH/c20-15-7-5-14(13-16(15)21)6-8-19(24)22-17-3-1-2-4-18(17)23-9-11-25-12-10-23;/h5-8,13,17-18H,1-4,9-12H2,(H,22,24);1H/b8-6+;/t17-,18-;/m1./s1. The van der Waals surface area contributed by atoms with Gasteiger partial charge in [-0.25, -0.2) is 0 Å². The van der Waals surface area contributed by atoms with Gasteiger partial charge in [0.15, 0.2) is 0 Å². The lowest BCUT2D eigenvalue weighted by Crippen LogP contribution is -2.55. The maximum atomic E-state index is 12.4. The molecule has 2 aliphatic rings. The summed E-state index contributed by atoms with van der Waals surface area (Å²) in [6.07, 6.45) is 7.92. The van der Waals surface area contributed by atoms with E-state index in [1.807, 2.05) is 6.07 Å². The second-order valence-corrected chi connectivity index (χ2v) is 7.44. The van der Waals surface area contributed by atoms with E-state index in [4.69, 9.17) is 27.9 Å². The van der Waals surface area contributed by atoms with E-state index in [0.29, 0.717) is 16.1 Å². The first-order chi connectivity index (χ1) is 12.1. The van der Waals surface area contributed by atoms with Gasteiger partial charge in [-0.05, 0) is 36.6 Å². The number of benzene rings is 1. The van der Waals surface area contributed by atoms with Gasteiger partial charge in [0, 0.05) is 31.2 Å². The van der Waals surface area contributed by atoms with Crippen molar-refractivity contribution in [3.8, 4) is 0 Å². The normalized spacial score (nSPS) is 24.2. The second-order valence-electron chi connectivity index (χ2n) is 6.62. The van der Waals surface area contributed by atoms with Gasteiger partial charge in [-0.2, -0.15) is 0 Å². The number of nitrogens with zero attached hydrogens (tertiary/aromatic N) is 1. The van der Waals surface area contributed by atoms with Gasteiger partial charge < -0.3 is 10.1 Å². The lowest BCUT2D eigenvalue weighted by atomic mass is 9.88. The van der Waals surface area contributed by atoms with Crippen LogP contribution < -0.4 is 5.32 Å². The summed E-state index contributed by atoms with van der Waals surface area (Å²) >= 11 is 11.9. The van der Waals surface area contributed by atoms with E-state index < -0.39 is 0 Å². The van der Waals surface area contributed by atoms with Gasteiger partial charge in [0.25, 0.3) is 0 Å². The fraction of sp³-hybridized carbons (Fsp3) is 0.526. The van der Waals surface area contributed by atoms with Crippen molar-refractivity contribution in [2.45, 2.75) is 37.8 Å². The van der Waals surface area contributed by atoms with Gasteiger partial charge in [-0.15, -0.1) is 12.4 Å². The van der Waals surface area contributed by atoms with Crippen LogP contribution in [0.4, 0.5) is 0 Å². The van der Waals surface area contributed by atoms with Gasteiger partial charge in [0.2, 0.25) is 5.91 Å². The number of carbonyl (C=O) groups is 1. The van der Waals surface area contributed by atoms with E-state index in [0.717, 1.165) is 44.7 Å². The average Bonchev–Trinajstić information content (AvgIpc) is 2.64. The molecule has 1 aliphatic heterocycles. The van der Waals surface area contributed by atoms with E-state index in [-0.39, 0.29) is 24.4 Å². The first-order valence-electron chi connectivity index (χ1n) is 8.89. The van der Waals surface area contributed by atoms with Crippen LogP contribution in [-0.4, -0.2) is 49.2 Å².